The zero-order valence-electron chi connectivity index (χ0n) is 13.5. The highest BCUT2D eigenvalue weighted by molar-refractivity contribution is 5.73. The maximum Gasteiger partial charge on any atom is 0.322 e. The Bertz CT molecular complexity index is 678. The summed E-state index contributed by atoms with van der Waals surface area (Å²) in [4.78, 5) is 15.4. The first-order chi connectivity index (χ1) is 11.0. The van der Waals surface area contributed by atoms with Gasteiger partial charge in [-0.2, -0.15) is 0 Å². The summed E-state index contributed by atoms with van der Waals surface area (Å²) in [5.41, 5.74) is 2.24. The van der Waals surface area contributed by atoms with Crippen molar-refractivity contribution in [1.82, 2.24) is 9.80 Å². The first-order valence-corrected chi connectivity index (χ1v) is 7.84. The van der Waals surface area contributed by atoms with E-state index < -0.39 is 12.0 Å². The topological polar surface area (TPSA) is 56.9 Å². The summed E-state index contributed by atoms with van der Waals surface area (Å²) in [7, 11) is 1.87. The van der Waals surface area contributed by atoms with Crippen molar-refractivity contribution in [3.63, 3.8) is 0 Å². The Hall–Kier alpha value is -2.11. The van der Waals surface area contributed by atoms with Crippen LogP contribution >= 0.6 is 0 Å². The van der Waals surface area contributed by atoms with Gasteiger partial charge in [0, 0.05) is 31.7 Å². The van der Waals surface area contributed by atoms with Gasteiger partial charge >= 0.3 is 5.97 Å². The smallest absolute Gasteiger partial charge is 0.322 e. The lowest BCUT2D eigenvalue weighted by atomic mass is 10.1. The number of carbonyl (C=O) groups is 1. The number of benzene rings is 1. The maximum absolute atomic E-state index is 11.3. The van der Waals surface area contributed by atoms with Gasteiger partial charge in [0.25, 0.3) is 0 Å². The summed E-state index contributed by atoms with van der Waals surface area (Å²) < 4.78 is 5.63. The van der Waals surface area contributed by atoms with Crippen LogP contribution in [0, 0.1) is 6.92 Å². The summed E-state index contributed by atoms with van der Waals surface area (Å²) in [6, 6.07) is 11.8. The summed E-state index contributed by atoms with van der Waals surface area (Å²) in [5.74, 6) is 1.03. The number of nitrogens with zero attached hydrogens (tertiary/aromatic N) is 2. The van der Waals surface area contributed by atoms with Crippen molar-refractivity contribution in [3.05, 3.63) is 47.7 Å². The molecule has 1 aromatic carbocycles. The minimum atomic E-state index is -0.749. The second-order valence-corrected chi connectivity index (χ2v) is 6.18. The van der Waals surface area contributed by atoms with Crippen molar-refractivity contribution in [1.29, 1.82) is 0 Å². The molecule has 1 saturated heterocycles. The number of likely N-dealkylation sites (N-methyl/N-ethyl adjacent to an activating group) is 1. The number of rotatable bonds is 4. The number of hydrogen-bond donors (Lipinski definition) is 1. The van der Waals surface area contributed by atoms with Crippen LogP contribution in [0.15, 0.2) is 40.8 Å². The van der Waals surface area contributed by atoms with Crippen LogP contribution in [0.2, 0.25) is 0 Å². The quantitative estimate of drug-likeness (QED) is 0.939. The molecule has 2 heterocycles. The summed E-state index contributed by atoms with van der Waals surface area (Å²) in [6.45, 7) is 4.93. The number of furan rings is 1. The Kier molecular flexibility index (Phi) is 4.50. The Morgan fingerprint density at radius 3 is 2.57 bits per heavy atom. The van der Waals surface area contributed by atoms with E-state index in [2.05, 4.69) is 29.2 Å². The van der Waals surface area contributed by atoms with Crippen LogP contribution in [0.3, 0.4) is 0 Å². The Morgan fingerprint density at radius 2 is 1.96 bits per heavy atom. The number of aliphatic carboxylic acids is 1. The van der Waals surface area contributed by atoms with Gasteiger partial charge in [0.1, 0.15) is 17.6 Å². The van der Waals surface area contributed by atoms with Crippen molar-refractivity contribution >= 4 is 5.97 Å². The van der Waals surface area contributed by atoms with Gasteiger partial charge in [-0.05, 0) is 31.7 Å². The molecule has 0 spiro atoms. The van der Waals surface area contributed by atoms with Gasteiger partial charge in [-0.25, -0.2) is 0 Å². The van der Waals surface area contributed by atoms with E-state index in [-0.39, 0.29) is 0 Å². The van der Waals surface area contributed by atoms with E-state index in [1.54, 1.807) is 0 Å². The predicted molar refractivity (Wildman–Crippen MR) is 88.2 cm³/mol. The number of carboxylic acid groups (broad SMARTS) is 1. The van der Waals surface area contributed by atoms with Crippen LogP contribution in [-0.4, -0.2) is 53.6 Å². The number of carboxylic acids is 1. The van der Waals surface area contributed by atoms with Gasteiger partial charge in [0.15, 0.2) is 0 Å². The molecule has 0 radical (unpaired) electrons. The molecule has 5 heteroatoms. The second kappa shape index (κ2) is 6.56. The molecule has 1 N–H and O–H groups in total. The van der Waals surface area contributed by atoms with Crippen LogP contribution < -0.4 is 0 Å². The molecule has 5 nitrogen and oxygen atoms in total. The summed E-state index contributed by atoms with van der Waals surface area (Å²) >= 11 is 0. The second-order valence-electron chi connectivity index (χ2n) is 6.18. The van der Waals surface area contributed by atoms with E-state index in [4.69, 9.17) is 4.42 Å². The SMILES string of the molecule is Cc1ccc(-c2ccc(CN3CCN(C)C(C(=O)O)C3)cc2)o1. The molecule has 1 aliphatic heterocycles. The molecule has 1 unspecified atom stereocenters. The molecule has 1 fully saturated rings. The lowest BCUT2D eigenvalue weighted by molar-refractivity contribution is -0.145. The first kappa shape index (κ1) is 15.8. The molecule has 0 aliphatic carbocycles. The standard InChI is InChI=1S/C18H22N2O3/c1-13-3-8-17(23-13)15-6-4-14(5-7-15)11-20-10-9-19(2)16(12-20)18(21)22/h3-8,16H,9-12H2,1-2H3,(H,21,22). The fraction of sp³-hybridized carbons (Fsp3) is 0.389. The van der Waals surface area contributed by atoms with Gasteiger partial charge < -0.3 is 9.52 Å². The van der Waals surface area contributed by atoms with Gasteiger partial charge in [0.2, 0.25) is 0 Å². The molecule has 122 valence electrons. The fourth-order valence-electron chi connectivity index (χ4n) is 2.96. The Morgan fingerprint density at radius 1 is 1.22 bits per heavy atom. The average molecular weight is 314 g/mol. The van der Waals surface area contributed by atoms with E-state index >= 15 is 0 Å². The molecule has 2 aromatic rings. The van der Waals surface area contributed by atoms with Crippen LogP contribution in [-0.2, 0) is 11.3 Å². The summed E-state index contributed by atoms with van der Waals surface area (Å²) in [6.07, 6.45) is 0. The zero-order chi connectivity index (χ0) is 16.4. The highest BCUT2D eigenvalue weighted by Crippen LogP contribution is 2.23. The van der Waals surface area contributed by atoms with Gasteiger partial charge in [-0.15, -0.1) is 0 Å². The van der Waals surface area contributed by atoms with Gasteiger partial charge in [0.05, 0.1) is 0 Å². The maximum atomic E-state index is 11.3. The third-order valence-corrected chi connectivity index (χ3v) is 4.40. The van der Waals surface area contributed by atoms with E-state index in [1.165, 1.54) is 5.56 Å². The van der Waals surface area contributed by atoms with Crippen molar-refractivity contribution in [2.24, 2.45) is 0 Å². The lowest BCUT2D eigenvalue weighted by Gasteiger charge is -2.37. The molecule has 1 atom stereocenters. The highest BCUT2D eigenvalue weighted by atomic mass is 16.4. The molecule has 0 saturated carbocycles. The van der Waals surface area contributed by atoms with Crippen LogP contribution in [0.5, 0.6) is 0 Å². The highest BCUT2D eigenvalue weighted by Gasteiger charge is 2.29. The van der Waals surface area contributed by atoms with E-state index in [0.717, 1.165) is 36.7 Å². The van der Waals surface area contributed by atoms with Crippen molar-refractivity contribution in [2.75, 3.05) is 26.7 Å². The van der Waals surface area contributed by atoms with Crippen molar-refractivity contribution < 1.29 is 14.3 Å². The minimum absolute atomic E-state index is 0.422. The number of piperazine rings is 1. The molecule has 3 rings (SSSR count). The molecular weight excluding hydrogens is 292 g/mol. The minimum Gasteiger partial charge on any atom is -0.480 e. The third-order valence-electron chi connectivity index (χ3n) is 4.40. The van der Waals surface area contributed by atoms with Crippen LogP contribution in [0.25, 0.3) is 11.3 Å². The molecular formula is C18H22N2O3. The molecule has 1 aromatic heterocycles. The van der Waals surface area contributed by atoms with Crippen molar-refractivity contribution in [3.8, 4) is 11.3 Å². The normalized spacial score (nSPS) is 19.8. The lowest BCUT2D eigenvalue weighted by Crippen LogP contribution is -2.54. The Balaban J connectivity index is 1.65. The van der Waals surface area contributed by atoms with Crippen LogP contribution in [0.4, 0.5) is 0 Å². The largest absolute Gasteiger partial charge is 0.480 e. The first-order valence-electron chi connectivity index (χ1n) is 7.84. The molecule has 0 bridgehead atoms. The number of aryl methyl sites for hydroxylation is 1. The van der Waals surface area contributed by atoms with Crippen LogP contribution in [0.1, 0.15) is 11.3 Å². The predicted octanol–water partition coefficient (Wildman–Crippen LogP) is 2.46. The van der Waals surface area contributed by atoms with Crippen molar-refractivity contribution in [2.45, 2.75) is 19.5 Å². The number of hydrogen-bond acceptors (Lipinski definition) is 4. The molecule has 23 heavy (non-hydrogen) atoms. The summed E-state index contributed by atoms with van der Waals surface area (Å²) in [5, 5.41) is 9.28. The zero-order valence-corrected chi connectivity index (χ0v) is 13.5. The monoisotopic (exact) mass is 314 g/mol. The third kappa shape index (κ3) is 3.63. The molecule has 0 amide bonds. The fourth-order valence-corrected chi connectivity index (χ4v) is 2.96. The van der Waals surface area contributed by atoms with E-state index in [1.807, 2.05) is 31.0 Å². The van der Waals surface area contributed by atoms with E-state index in [0.29, 0.717) is 6.54 Å². The van der Waals surface area contributed by atoms with Gasteiger partial charge in [-0.1, -0.05) is 24.3 Å². The van der Waals surface area contributed by atoms with E-state index in [9.17, 15) is 9.90 Å². The van der Waals surface area contributed by atoms with Gasteiger partial charge in [-0.3, -0.25) is 14.6 Å². The average Bonchev–Trinajstić information content (AvgIpc) is 2.96. The molecule has 1 aliphatic rings. The Labute approximate surface area is 136 Å².